The summed E-state index contributed by atoms with van der Waals surface area (Å²) in [6, 6.07) is 19.3. The first-order valence-corrected chi connectivity index (χ1v) is 8.57. The van der Waals surface area contributed by atoms with Crippen molar-refractivity contribution in [3.63, 3.8) is 0 Å². The van der Waals surface area contributed by atoms with E-state index in [9.17, 15) is 9.59 Å². The Morgan fingerprint density at radius 2 is 1.30 bits per heavy atom. The molecule has 0 unspecified atom stereocenters. The van der Waals surface area contributed by atoms with Crippen LogP contribution in [-0.2, 0) is 19.1 Å². The Bertz CT molecular complexity index is 854. The molecular formula is C23H20O4. The summed E-state index contributed by atoms with van der Waals surface area (Å²) in [4.78, 5) is 25.6. The second-order valence-electron chi connectivity index (χ2n) is 6.33. The van der Waals surface area contributed by atoms with Crippen LogP contribution in [0.3, 0.4) is 0 Å². The van der Waals surface area contributed by atoms with E-state index in [-0.39, 0.29) is 6.42 Å². The molecule has 1 aliphatic carbocycles. The largest absolute Gasteiger partial charge is 0.468 e. The summed E-state index contributed by atoms with van der Waals surface area (Å²) in [7, 11) is 2.51. The van der Waals surface area contributed by atoms with Crippen molar-refractivity contribution in [2.45, 2.75) is 6.42 Å². The highest BCUT2D eigenvalue weighted by Gasteiger charge is 2.63. The second-order valence-corrected chi connectivity index (χ2v) is 6.33. The van der Waals surface area contributed by atoms with Gasteiger partial charge in [0, 0.05) is 12.3 Å². The Balaban J connectivity index is 2.19. The Morgan fingerprint density at radius 1 is 0.889 bits per heavy atom. The van der Waals surface area contributed by atoms with Gasteiger partial charge in [-0.05, 0) is 22.3 Å². The van der Waals surface area contributed by atoms with Crippen LogP contribution in [0.25, 0.3) is 11.1 Å². The Labute approximate surface area is 158 Å². The monoisotopic (exact) mass is 360 g/mol. The summed E-state index contributed by atoms with van der Waals surface area (Å²) in [6.07, 6.45) is 5.44. The zero-order chi connectivity index (χ0) is 19.4. The molecular weight excluding hydrogens is 340 g/mol. The first-order valence-electron chi connectivity index (χ1n) is 8.57. The van der Waals surface area contributed by atoms with E-state index in [1.54, 1.807) is 0 Å². The average molecular weight is 360 g/mol. The minimum absolute atomic E-state index is 0.107. The Hall–Kier alpha value is -3.32. The van der Waals surface area contributed by atoms with Gasteiger partial charge < -0.3 is 9.47 Å². The number of hydrogen-bond acceptors (Lipinski definition) is 4. The van der Waals surface area contributed by atoms with Gasteiger partial charge in [-0.25, -0.2) is 0 Å². The number of esters is 2. The van der Waals surface area contributed by atoms with Crippen LogP contribution >= 0.6 is 0 Å². The lowest BCUT2D eigenvalue weighted by Gasteiger charge is -2.28. The van der Waals surface area contributed by atoms with E-state index in [0.29, 0.717) is 0 Å². The first kappa shape index (κ1) is 18.5. The number of allylic oxidation sites excluding steroid dienone is 2. The molecule has 2 aromatic carbocycles. The Kier molecular flexibility index (Phi) is 5.14. The van der Waals surface area contributed by atoms with Crippen molar-refractivity contribution < 1.29 is 19.1 Å². The molecule has 0 aliphatic heterocycles. The highest BCUT2D eigenvalue weighted by Crippen LogP contribution is 2.62. The number of carbonyl (C=O) groups excluding carboxylic acids is 2. The van der Waals surface area contributed by atoms with E-state index >= 15 is 0 Å². The molecule has 0 spiro atoms. The van der Waals surface area contributed by atoms with Gasteiger partial charge in [0.1, 0.15) is 0 Å². The van der Waals surface area contributed by atoms with Gasteiger partial charge in [0.25, 0.3) is 0 Å². The standard InChI is InChI=1S/C23H20O4/c1-4-15-23(21(24)26-2,22(25)27-3)20-18(16-11-7-5-8-12-16)19(20)17-13-9-6-10-14-17/h1,5-14,20H,15H2,2-3H3. The smallest absolute Gasteiger partial charge is 0.325 e. The third kappa shape index (κ3) is 3.02. The van der Waals surface area contributed by atoms with Crippen LogP contribution in [-0.4, -0.2) is 26.2 Å². The predicted octanol–water partition coefficient (Wildman–Crippen LogP) is 3.58. The van der Waals surface area contributed by atoms with Gasteiger partial charge >= 0.3 is 11.9 Å². The molecule has 0 aromatic heterocycles. The van der Waals surface area contributed by atoms with E-state index < -0.39 is 23.3 Å². The lowest BCUT2D eigenvalue weighted by Crippen LogP contribution is -2.44. The highest BCUT2D eigenvalue weighted by molar-refractivity contribution is 6.18. The SMILES string of the molecule is C#CCC(C(=O)OC)(C(=O)OC)C1C(c2ccccc2)=C1c1ccccc1. The van der Waals surface area contributed by atoms with Crippen molar-refractivity contribution in [1.29, 1.82) is 0 Å². The number of rotatable bonds is 6. The molecule has 0 N–H and O–H groups in total. The summed E-state index contributed by atoms with van der Waals surface area (Å²) < 4.78 is 10.00. The predicted molar refractivity (Wildman–Crippen MR) is 103 cm³/mol. The third-order valence-corrected chi connectivity index (χ3v) is 4.93. The van der Waals surface area contributed by atoms with Crippen LogP contribution in [0.1, 0.15) is 17.5 Å². The van der Waals surface area contributed by atoms with E-state index in [1.165, 1.54) is 14.2 Å². The van der Waals surface area contributed by atoms with Crippen molar-refractivity contribution in [3.8, 4) is 12.3 Å². The molecule has 0 saturated carbocycles. The zero-order valence-electron chi connectivity index (χ0n) is 15.3. The summed E-state index contributed by atoms with van der Waals surface area (Å²) in [6.45, 7) is 0. The molecule has 3 rings (SSSR count). The molecule has 0 atom stereocenters. The molecule has 0 saturated heterocycles. The topological polar surface area (TPSA) is 52.6 Å². The van der Waals surface area contributed by atoms with E-state index in [1.807, 2.05) is 60.7 Å². The van der Waals surface area contributed by atoms with Crippen LogP contribution in [0.5, 0.6) is 0 Å². The number of hydrogen-bond donors (Lipinski definition) is 0. The molecule has 2 aromatic rings. The van der Waals surface area contributed by atoms with Crippen LogP contribution in [0.2, 0.25) is 0 Å². The Morgan fingerprint density at radius 3 is 1.63 bits per heavy atom. The molecule has 4 nitrogen and oxygen atoms in total. The summed E-state index contributed by atoms with van der Waals surface area (Å²) in [5.74, 6) is 0.607. The molecule has 0 heterocycles. The lowest BCUT2D eigenvalue weighted by molar-refractivity contribution is -0.169. The van der Waals surface area contributed by atoms with Crippen molar-refractivity contribution >= 4 is 23.1 Å². The fourth-order valence-corrected chi connectivity index (χ4v) is 3.69. The van der Waals surface area contributed by atoms with E-state index in [0.717, 1.165) is 22.3 Å². The number of benzene rings is 2. The number of terminal acetylenes is 1. The maximum absolute atomic E-state index is 12.8. The summed E-state index contributed by atoms with van der Waals surface area (Å²) in [5, 5.41) is 0. The van der Waals surface area contributed by atoms with Crippen LogP contribution in [0, 0.1) is 23.7 Å². The van der Waals surface area contributed by atoms with Crippen molar-refractivity contribution in [3.05, 3.63) is 71.8 Å². The van der Waals surface area contributed by atoms with Gasteiger partial charge in [-0.15, -0.1) is 12.3 Å². The summed E-state index contributed by atoms with van der Waals surface area (Å²) in [5.41, 5.74) is 2.10. The maximum atomic E-state index is 12.8. The minimum Gasteiger partial charge on any atom is -0.468 e. The van der Waals surface area contributed by atoms with Crippen molar-refractivity contribution in [2.24, 2.45) is 11.3 Å². The van der Waals surface area contributed by atoms with Crippen molar-refractivity contribution in [2.75, 3.05) is 14.2 Å². The molecule has 136 valence electrons. The van der Waals surface area contributed by atoms with Gasteiger partial charge in [0.05, 0.1) is 14.2 Å². The van der Waals surface area contributed by atoms with Gasteiger partial charge in [-0.1, -0.05) is 60.7 Å². The molecule has 4 heteroatoms. The van der Waals surface area contributed by atoms with E-state index in [2.05, 4.69) is 5.92 Å². The number of methoxy groups -OCH3 is 2. The van der Waals surface area contributed by atoms with Gasteiger partial charge in [0.15, 0.2) is 5.41 Å². The van der Waals surface area contributed by atoms with Gasteiger partial charge in [-0.2, -0.15) is 0 Å². The first-order chi connectivity index (χ1) is 13.1. The molecule has 1 aliphatic rings. The van der Waals surface area contributed by atoms with Gasteiger partial charge in [0.2, 0.25) is 0 Å². The van der Waals surface area contributed by atoms with Gasteiger partial charge in [-0.3, -0.25) is 9.59 Å². The molecule has 0 bridgehead atoms. The van der Waals surface area contributed by atoms with Crippen molar-refractivity contribution in [1.82, 2.24) is 0 Å². The second kappa shape index (κ2) is 7.51. The molecule has 0 amide bonds. The number of carbonyl (C=O) groups is 2. The minimum atomic E-state index is -1.60. The summed E-state index contributed by atoms with van der Waals surface area (Å²) >= 11 is 0. The number of ether oxygens (including phenoxy) is 2. The quantitative estimate of drug-likeness (QED) is 0.449. The lowest BCUT2D eigenvalue weighted by atomic mass is 9.75. The van der Waals surface area contributed by atoms with Crippen LogP contribution < -0.4 is 0 Å². The molecule has 0 radical (unpaired) electrons. The zero-order valence-corrected chi connectivity index (χ0v) is 15.3. The third-order valence-electron chi connectivity index (χ3n) is 4.93. The molecule has 0 fully saturated rings. The van der Waals surface area contributed by atoms with Crippen LogP contribution in [0.15, 0.2) is 60.7 Å². The fraction of sp³-hybridized carbons (Fsp3) is 0.217. The highest BCUT2D eigenvalue weighted by atomic mass is 16.5. The average Bonchev–Trinajstić information content (AvgIpc) is 3.48. The maximum Gasteiger partial charge on any atom is 0.325 e. The van der Waals surface area contributed by atoms with E-state index in [4.69, 9.17) is 15.9 Å². The molecule has 27 heavy (non-hydrogen) atoms. The normalized spacial score (nSPS) is 13.7. The van der Waals surface area contributed by atoms with Crippen LogP contribution in [0.4, 0.5) is 0 Å². The fourth-order valence-electron chi connectivity index (χ4n) is 3.69.